The minimum Gasteiger partial charge on any atom is -0.495 e. The van der Waals surface area contributed by atoms with Crippen molar-refractivity contribution in [3.05, 3.63) is 46.7 Å². The number of methoxy groups -OCH3 is 2. The Morgan fingerprint density at radius 1 is 1.13 bits per heavy atom. The molecule has 0 aliphatic heterocycles. The lowest BCUT2D eigenvalue weighted by Crippen LogP contribution is -2.36. The highest BCUT2D eigenvalue weighted by Gasteiger charge is 2.25. The highest BCUT2D eigenvalue weighted by Crippen LogP contribution is 2.40. The predicted octanol–water partition coefficient (Wildman–Crippen LogP) is 4.74. The van der Waals surface area contributed by atoms with Crippen molar-refractivity contribution in [3.63, 3.8) is 0 Å². The second-order valence-corrected chi connectivity index (χ2v) is 7.91. The summed E-state index contributed by atoms with van der Waals surface area (Å²) in [4.78, 5) is 21.4. The lowest BCUT2D eigenvalue weighted by Gasteiger charge is -2.22. The van der Waals surface area contributed by atoms with Crippen LogP contribution in [0.15, 0.2) is 30.3 Å². The zero-order valence-corrected chi connectivity index (χ0v) is 19.3. The lowest BCUT2D eigenvalue weighted by molar-refractivity contribution is 0.0985. The number of carbonyl (C=O) groups is 1. The summed E-state index contributed by atoms with van der Waals surface area (Å²) in [5.41, 5.74) is 0.824. The number of likely N-dealkylation sites (N-methyl/N-ethyl adjacent to an activating group) is 1. The summed E-state index contributed by atoms with van der Waals surface area (Å²) < 4.78 is 25.1. The molecule has 10 heteroatoms. The molecule has 0 saturated heterocycles. The van der Waals surface area contributed by atoms with Crippen LogP contribution in [0.4, 0.5) is 9.52 Å². The SMILES string of the molecule is COc1ccc(OC)c2sc(N(CCN(C)C)C(=O)c3ccc(F)cc3Cl)nc12.Cl. The number of fused-ring (bicyclic) bond motifs is 1. The number of rotatable bonds is 7. The number of ether oxygens (including phenoxy) is 2. The molecule has 0 spiro atoms. The van der Waals surface area contributed by atoms with Crippen LogP contribution in [0.1, 0.15) is 10.4 Å². The van der Waals surface area contributed by atoms with Crippen LogP contribution in [-0.2, 0) is 0 Å². The van der Waals surface area contributed by atoms with Crippen molar-refractivity contribution in [3.8, 4) is 11.5 Å². The monoisotopic (exact) mass is 473 g/mol. The highest BCUT2D eigenvalue weighted by molar-refractivity contribution is 7.22. The van der Waals surface area contributed by atoms with Gasteiger partial charge in [0.2, 0.25) is 0 Å². The van der Waals surface area contributed by atoms with E-state index in [1.54, 1.807) is 31.3 Å². The predicted molar refractivity (Wildman–Crippen MR) is 122 cm³/mol. The number of carbonyl (C=O) groups excluding carboxylic acids is 1. The van der Waals surface area contributed by atoms with Crippen LogP contribution in [0.5, 0.6) is 11.5 Å². The van der Waals surface area contributed by atoms with Gasteiger partial charge in [-0.3, -0.25) is 9.69 Å². The van der Waals surface area contributed by atoms with E-state index in [4.69, 9.17) is 21.1 Å². The molecule has 0 bridgehead atoms. The molecule has 0 fully saturated rings. The number of aromatic nitrogens is 1. The standard InChI is InChI=1S/C20H21ClFN3O3S.ClH/c1-24(2)9-10-25(19(26)13-6-5-12(22)11-14(13)21)20-23-17-15(27-3)7-8-16(28-4)18(17)29-20;/h5-8,11H,9-10H2,1-4H3;1H. The van der Waals surface area contributed by atoms with Crippen LogP contribution in [-0.4, -0.2) is 57.2 Å². The summed E-state index contributed by atoms with van der Waals surface area (Å²) in [6.07, 6.45) is 0. The van der Waals surface area contributed by atoms with E-state index in [-0.39, 0.29) is 28.9 Å². The van der Waals surface area contributed by atoms with Gasteiger partial charge in [0.05, 0.1) is 24.8 Å². The molecule has 3 rings (SSSR count). The molecule has 2 aromatic carbocycles. The number of thiazole rings is 1. The fraction of sp³-hybridized carbons (Fsp3) is 0.300. The smallest absolute Gasteiger partial charge is 0.261 e. The van der Waals surface area contributed by atoms with Gasteiger partial charge < -0.3 is 14.4 Å². The summed E-state index contributed by atoms with van der Waals surface area (Å²) in [6, 6.07) is 7.30. The quantitative estimate of drug-likeness (QED) is 0.496. The van der Waals surface area contributed by atoms with Gasteiger partial charge in [-0.1, -0.05) is 22.9 Å². The van der Waals surface area contributed by atoms with Gasteiger partial charge in [0.25, 0.3) is 5.91 Å². The number of nitrogens with zero attached hydrogens (tertiary/aromatic N) is 3. The van der Waals surface area contributed by atoms with Crippen LogP contribution >= 0.6 is 35.3 Å². The van der Waals surface area contributed by atoms with E-state index in [0.717, 1.165) is 10.8 Å². The third-order valence-corrected chi connectivity index (χ3v) is 5.71. The second-order valence-electron chi connectivity index (χ2n) is 6.53. The van der Waals surface area contributed by atoms with E-state index < -0.39 is 5.82 Å². The Morgan fingerprint density at radius 2 is 1.80 bits per heavy atom. The van der Waals surface area contributed by atoms with Crippen molar-refractivity contribution in [2.75, 3.05) is 46.3 Å². The first kappa shape index (κ1) is 24.1. The third-order valence-electron chi connectivity index (χ3n) is 4.31. The van der Waals surface area contributed by atoms with Gasteiger partial charge in [0.1, 0.15) is 27.5 Å². The Kier molecular flexibility index (Phi) is 8.25. The molecular formula is C20H22Cl2FN3O3S. The van der Waals surface area contributed by atoms with E-state index in [0.29, 0.717) is 35.2 Å². The summed E-state index contributed by atoms with van der Waals surface area (Å²) in [5.74, 6) is 0.377. The molecule has 3 aromatic rings. The van der Waals surface area contributed by atoms with Gasteiger partial charge in [0.15, 0.2) is 5.13 Å². The molecule has 0 atom stereocenters. The minimum absolute atomic E-state index is 0. The van der Waals surface area contributed by atoms with Gasteiger partial charge in [0, 0.05) is 13.1 Å². The molecule has 162 valence electrons. The van der Waals surface area contributed by atoms with Crippen LogP contribution in [0.2, 0.25) is 5.02 Å². The molecule has 30 heavy (non-hydrogen) atoms. The Labute approximate surface area is 189 Å². The average Bonchev–Trinajstić information content (AvgIpc) is 3.12. The normalized spacial score (nSPS) is 10.8. The number of hydrogen-bond donors (Lipinski definition) is 0. The van der Waals surface area contributed by atoms with Gasteiger partial charge in [-0.05, 0) is 44.4 Å². The van der Waals surface area contributed by atoms with Crippen LogP contribution in [0, 0.1) is 5.82 Å². The maximum atomic E-state index is 13.4. The van der Waals surface area contributed by atoms with Crippen molar-refractivity contribution < 1.29 is 18.7 Å². The van der Waals surface area contributed by atoms with Gasteiger partial charge in [-0.2, -0.15) is 0 Å². The van der Waals surface area contributed by atoms with E-state index in [1.807, 2.05) is 19.0 Å². The molecule has 1 heterocycles. The minimum atomic E-state index is -0.499. The molecule has 0 aliphatic carbocycles. The second kappa shape index (κ2) is 10.3. The number of hydrogen-bond acceptors (Lipinski definition) is 6. The van der Waals surface area contributed by atoms with Crippen molar-refractivity contribution in [2.24, 2.45) is 0 Å². The van der Waals surface area contributed by atoms with Crippen LogP contribution in [0.25, 0.3) is 10.2 Å². The third kappa shape index (κ3) is 4.95. The van der Waals surface area contributed by atoms with Crippen molar-refractivity contribution in [2.45, 2.75) is 0 Å². The van der Waals surface area contributed by atoms with E-state index in [2.05, 4.69) is 4.98 Å². The zero-order valence-electron chi connectivity index (χ0n) is 16.9. The van der Waals surface area contributed by atoms with Gasteiger partial charge in [-0.15, -0.1) is 12.4 Å². The molecule has 1 amide bonds. The van der Waals surface area contributed by atoms with E-state index >= 15 is 0 Å². The first-order valence-corrected chi connectivity index (χ1v) is 9.98. The van der Waals surface area contributed by atoms with Crippen LogP contribution < -0.4 is 14.4 Å². The Bertz CT molecular complexity index is 1000. The Morgan fingerprint density at radius 3 is 2.40 bits per heavy atom. The van der Waals surface area contributed by atoms with Gasteiger partial charge >= 0.3 is 0 Å². The lowest BCUT2D eigenvalue weighted by atomic mass is 10.2. The summed E-state index contributed by atoms with van der Waals surface area (Å²) in [6.45, 7) is 0.985. The maximum absolute atomic E-state index is 13.4. The molecule has 1 aromatic heterocycles. The number of anilines is 1. The number of amides is 1. The Hall–Kier alpha value is -2.13. The molecular weight excluding hydrogens is 452 g/mol. The summed E-state index contributed by atoms with van der Waals surface area (Å²) in [7, 11) is 6.97. The zero-order chi connectivity index (χ0) is 21.1. The van der Waals surface area contributed by atoms with Crippen molar-refractivity contribution >= 4 is 56.6 Å². The van der Waals surface area contributed by atoms with Gasteiger partial charge in [-0.25, -0.2) is 9.37 Å². The summed E-state index contributed by atoms with van der Waals surface area (Å²) in [5, 5.41) is 0.538. The fourth-order valence-electron chi connectivity index (χ4n) is 2.78. The molecule has 0 radical (unpaired) electrons. The maximum Gasteiger partial charge on any atom is 0.261 e. The first-order valence-electron chi connectivity index (χ1n) is 8.79. The molecule has 0 N–H and O–H groups in total. The summed E-state index contributed by atoms with van der Waals surface area (Å²) >= 11 is 7.46. The first-order chi connectivity index (χ1) is 13.8. The van der Waals surface area contributed by atoms with Crippen LogP contribution in [0.3, 0.4) is 0 Å². The van der Waals surface area contributed by atoms with Crippen molar-refractivity contribution in [1.82, 2.24) is 9.88 Å². The van der Waals surface area contributed by atoms with E-state index in [1.165, 1.54) is 23.5 Å². The molecule has 0 saturated carbocycles. The number of halogens is 3. The van der Waals surface area contributed by atoms with E-state index in [9.17, 15) is 9.18 Å². The topological polar surface area (TPSA) is 54.9 Å². The molecule has 0 aliphatic rings. The number of benzene rings is 2. The fourth-order valence-corrected chi connectivity index (χ4v) is 4.13. The highest BCUT2D eigenvalue weighted by atomic mass is 35.5. The Balaban J connectivity index is 0.00000320. The average molecular weight is 474 g/mol. The molecule has 0 unspecified atom stereocenters. The molecule has 6 nitrogen and oxygen atoms in total. The van der Waals surface area contributed by atoms with Crippen molar-refractivity contribution in [1.29, 1.82) is 0 Å². The largest absolute Gasteiger partial charge is 0.495 e.